The van der Waals surface area contributed by atoms with Gasteiger partial charge in [-0.3, -0.25) is 47.7 Å². The maximum absolute atomic E-state index is 10.8. The van der Waals surface area contributed by atoms with E-state index in [4.69, 9.17) is 30.6 Å². The average molecular weight is 1320 g/mol. The molecule has 0 radical (unpaired) electrons. The van der Waals surface area contributed by atoms with Gasteiger partial charge in [-0.05, 0) is 35.5 Å². The number of primary sulfonamides is 1. The van der Waals surface area contributed by atoms with Crippen LogP contribution in [-0.2, 0) is 106 Å². The van der Waals surface area contributed by atoms with Gasteiger partial charge in [-0.1, -0.05) is 82.8 Å². The van der Waals surface area contributed by atoms with Gasteiger partial charge in [0, 0.05) is 66.5 Å². The van der Waals surface area contributed by atoms with Crippen LogP contribution in [0.4, 0.5) is 0 Å². The van der Waals surface area contributed by atoms with E-state index in [0.29, 0.717) is 30.9 Å². The molecule has 0 rings (SSSR count). The number of thioether (sulfide) groups is 1. The highest BCUT2D eigenvalue weighted by molar-refractivity contribution is 14.1. The first kappa shape index (κ1) is 86.4. The van der Waals surface area contributed by atoms with Crippen LogP contribution < -0.4 is 5.14 Å². The standard InChI is InChI=1S/C8H14O3S.C6H11ClO4S.C6H11IO2.C6H13NO4S.C6H12O5S.C6H10O4.C6H12O3/c1-6(4-8(10)11-3)5-12-7(2)9;1-5(3-6(8)11-2)4-12(7,9)10;1-5(4-7)3-6(8)9-2;1-5(3-6(8)11-2)4-12(7,9)10;1-5(3-6(7)11-2)4-12(8,9)10;1-4(6(8)9)3-5(7)10-2;1-5(4-7)3-6(8)9-2/h6H,4-5H2,1-3H3;5H,3-4H2,1-2H3;5H,3-4H2,1-2H3;5H,3-4H2,1-2H3,(H2,7,9,10);5H,3-4H2,1-2H3,(H,8,9,10);4H,3H2,1-2H3,(H,8,9);5,7H,3-4H2,1-2H3/t6-;4*5-;4-;5-/m0000000/s1. The summed E-state index contributed by atoms with van der Waals surface area (Å²) in [5.41, 5.74) is 0. The molecule has 0 aliphatic heterocycles. The number of sulfonamides is 1. The Morgan fingerprint density at radius 3 is 1.03 bits per heavy atom. The van der Waals surface area contributed by atoms with Gasteiger partial charge < -0.3 is 43.4 Å². The van der Waals surface area contributed by atoms with Gasteiger partial charge in [0.05, 0.1) is 85.8 Å². The zero-order valence-electron chi connectivity index (χ0n) is 46.0. The van der Waals surface area contributed by atoms with Crippen molar-refractivity contribution >= 4 is 127 Å². The summed E-state index contributed by atoms with van der Waals surface area (Å²) in [6.45, 7) is 13.6. The van der Waals surface area contributed by atoms with E-state index in [1.165, 1.54) is 75.4 Å². The Morgan fingerprint density at radius 1 is 0.500 bits per heavy atom. The Kier molecular flexibility index (Phi) is 58.0. The van der Waals surface area contributed by atoms with Gasteiger partial charge in [0.25, 0.3) is 10.1 Å². The summed E-state index contributed by atoms with van der Waals surface area (Å²) in [6.07, 6.45) is 1.31. The molecule has 0 aromatic carbocycles. The second kappa shape index (κ2) is 51.0. The van der Waals surface area contributed by atoms with Crippen molar-refractivity contribution in [3.8, 4) is 0 Å². The maximum Gasteiger partial charge on any atom is 0.306 e. The minimum Gasteiger partial charge on any atom is -0.481 e. The minimum absolute atomic E-state index is 0.00368. The van der Waals surface area contributed by atoms with Gasteiger partial charge in [0.15, 0.2) is 5.12 Å². The van der Waals surface area contributed by atoms with Gasteiger partial charge in [0.2, 0.25) is 19.1 Å². The van der Waals surface area contributed by atoms with E-state index in [-0.39, 0.29) is 90.5 Å². The largest absolute Gasteiger partial charge is 0.481 e. The first-order valence-electron chi connectivity index (χ1n) is 22.5. The highest BCUT2D eigenvalue weighted by Gasteiger charge is 2.18. The van der Waals surface area contributed by atoms with E-state index >= 15 is 0 Å². The summed E-state index contributed by atoms with van der Waals surface area (Å²) in [5, 5.41) is 21.7. The Balaban J connectivity index is -0.000000147. The number of aliphatic carboxylic acids is 1. The smallest absolute Gasteiger partial charge is 0.306 e. The third-order valence-corrected chi connectivity index (χ3v) is 14.2. The third-order valence-electron chi connectivity index (χ3n) is 8.22. The zero-order chi connectivity index (χ0) is 61.6. The third kappa shape index (κ3) is 77.0. The average Bonchev–Trinajstić information content (AvgIpc) is 3.29. The topological polar surface area (TPSA) is 407 Å². The highest BCUT2D eigenvalue weighted by Crippen LogP contribution is 2.13. The van der Waals surface area contributed by atoms with Crippen molar-refractivity contribution in [2.75, 3.05) is 83.8 Å². The maximum atomic E-state index is 10.8. The number of methoxy groups -OCH3 is 7. The summed E-state index contributed by atoms with van der Waals surface area (Å²) in [5.74, 6) is -4.56. The molecule has 0 aromatic rings. The number of hydrogen-bond acceptors (Lipinski definition) is 24. The van der Waals surface area contributed by atoms with Crippen LogP contribution in [0.5, 0.6) is 0 Å². The van der Waals surface area contributed by atoms with Crippen molar-refractivity contribution in [1.29, 1.82) is 0 Å². The number of ether oxygens (including phenoxy) is 7. The predicted molar refractivity (Wildman–Crippen MR) is 291 cm³/mol. The van der Waals surface area contributed by atoms with Crippen molar-refractivity contribution < 1.29 is 116 Å². The SMILES string of the molecule is COC(=O)C[C@H](C)C(=O)O.COC(=O)C[C@H](C)CI.COC(=O)C[C@H](C)CO.COC(=O)C[C@H](C)CS(=O)(=O)Cl.COC(=O)C[C@H](C)CS(=O)(=O)O.COC(=O)C[C@H](C)CS(N)(=O)=O.COC(=O)C[C@H](C)CSC(C)=O. The van der Waals surface area contributed by atoms with Crippen molar-refractivity contribution in [3.05, 3.63) is 0 Å². The molecule has 0 amide bonds. The van der Waals surface area contributed by atoms with E-state index in [1.54, 1.807) is 27.7 Å². The number of aliphatic hydroxyl groups excluding tert-OH is 1. The van der Waals surface area contributed by atoms with Crippen molar-refractivity contribution in [1.82, 2.24) is 0 Å². The number of nitrogens with two attached hydrogens (primary N) is 1. The van der Waals surface area contributed by atoms with E-state index < -0.39 is 76.6 Å². The summed E-state index contributed by atoms with van der Waals surface area (Å²) in [7, 11) is 3.09. The molecule has 0 saturated heterocycles. The number of esters is 7. The molecule has 452 valence electrons. The number of carbonyl (C=O) groups is 9. The number of aliphatic hydroxyl groups is 1. The lowest BCUT2D eigenvalue weighted by atomic mass is 10.1. The molecule has 0 aliphatic carbocycles. The number of halogens is 2. The minimum atomic E-state index is -3.98. The molecule has 76 heavy (non-hydrogen) atoms. The molecule has 0 bridgehead atoms. The molecule has 0 aliphatic rings. The highest BCUT2D eigenvalue weighted by atomic mass is 127. The molecule has 0 aromatic heterocycles. The number of carboxylic acid groups (broad SMARTS) is 1. The van der Waals surface area contributed by atoms with Gasteiger partial charge in [0.1, 0.15) is 0 Å². The van der Waals surface area contributed by atoms with Crippen LogP contribution in [0.25, 0.3) is 0 Å². The number of hydrogen-bond donors (Lipinski definition) is 4. The fourth-order valence-electron chi connectivity index (χ4n) is 4.34. The van der Waals surface area contributed by atoms with E-state index in [1.807, 2.05) is 13.8 Å². The van der Waals surface area contributed by atoms with E-state index in [0.717, 1.165) is 4.43 Å². The molecule has 26 nitrogen and oxygen atoms in total. The normalized spacial score (nSPS) is 13.2. The molecule has 0 fully saturated rings. The Bertz CT molecular complexity index is 1860. The molecule has 0 unspecified atom stereocenters. The summed E-state index contributed by atoms with van der Waals surface area (Å²) in [4.78, 5) is 94.8. The second-order valence-electron chi connectivity index (χ2n) is 16.8. The van der Waals surface area contributed by atoms with Crippen LogP contribution in [-0.4, -0.2) is 177 Å². The Morgan fingerprint density at radius 2 is 0.776 bits per heavy atom. The van der Waals surface area contributed by atoms with Crippen molar-refractivity contribution in [3.63, 3.8) is 0 Å². The molecular formula is C44H83ClINO25S4. The molecule has 32 heteroatoms. The number of carboxylic acids is 1. The van der Waals surface area contributed by atoms with Gasteiger partial charge >= 0.3 is 47.8 Å². The van der Waals surface area contributed by atoms with Crippen LogP contribution >= 0.6 is 45.0 Å². The van der Waals surface area contributed by atoms with E-state index in [9.17, 15) is 68.4 Å². The van der Waals surface area contributed by atoms with Crippen LogP contribution in [0.1, 0.15) is 100 Å². The van der Waals surface area contributed by atoms with Crippen LogP contribution in [0.2, 0.25) is 0 Å². The Hall–Kier alpha value is -3.47. The van der Waals surface area contributed by atoms with Crippen LogP contribution in [0, 0.1) is 41.4 Å². The fourth-order valence-corrected chi connectivity index (χ4v) is 8.48. The van der Waals surface area contributed by atoms with Crippen molar-refractivity contribution in [2.45, 2.75) is 100 Å². The molecule has 0 spiro atoms. The summed E-state index contributed by atoms with van der Waals surface area (Å²) >= 11 is 3.50. The molecule has 7 atom stereocenters. The second-order valence-corrected chi connectivity index (χ2v) is 24.8. The first-order valence-corrected chi connectivity index (χ1v) is 30.8. The van der Waals surface area contributed by atoms with Gasteiger partial charge in [-0.15, -0.1) is 0 Å². The summed E-state index contributed by atoms with van der Waals surface area (Å²) < 4.78 is 103. The van der Waals surface area contributed by atoms with Gasteiger partial charge in [-0.2, -0.15) is 8.42 Å². The predicted octanol–water partition coefficient (Wildman–Crippen LogP) is 3.84. The lowest BCUT2D eigenvalue weighted by Crippen LogP contribution is -2.23. The van der Waals surface area contributed by atoms with Gasteiger partial charge in [-0.25, -0.2) is 22.0 Å². The number of rotatable bonds is 25. The molecule has 0 saturated carbocycles. The summed E-state index contributed by atoms with van der Waals surface area (Å²) in [6, 6.07) is 0. The quantitative estimate of drug-likeness (QED) is 0.0252. The van der Waals surface area contributed by atoms with Crippen LogP contribution in [0.15, 0.2) is 0 Å². The lowest BCUT2D eigenvalue weighted by Gasteiger charge is -2.06. The van der Waals surface area contributed by atoms with Crippen LogP contribution in [0.3, 0.4) is 0 Å². The van der Waals surface area contributed by atoms with Crippen molar-refractivity contribution in [2.24, 2.45) is 46.6 Å². The Labute approximate surface area is 471 Å². The molecule has 0 heterocycles. The fraction of sp³-hybridized carbons (Fsp3) is 0.795. The first-order chi connectivity index (χ1) is 34.6. The number of carbonyl (C=O) groups excluding carboxylic acids is 8. The molecule has 5 N–H and O–H groups in total. The van der Waals surface area contributed by atoms with E-state index in [2.05, 4.69) is 55.7 Å². The number of alkyl halides is 1. The monoisotopic (exact) mass is 1320 g/mol. The zero-order valence-corrected chi connectivity index (χ0v) is 52.2. The molecular weight excluding hydrogens is 1230 g/mol. The lowest BCUT2D eigenvalue weighted by molar-refractivity contribution is -0.149.